The van der Waals surface area contributed by atoms with Crippen molar-refractivity contribution in [3.8, 4) is 11.3 Å². The fourth-order valence-corrected chi connectivity index (χ4v) is 2.98. The molecule has 0 spiro atoms. The molecule has 0 fully saturated rings. The zero-order valence-corrected chi connectivity index (χ0v) is 10.3. The molecule has 3 rings (SSSR count). The Labute approximate surface area is 104 Å². The number of benzene rings is 1. The average molecular weight is 244 g/mol. The highest BCUT2D eigenvalue weighted by atomic mass is 32.2. The molecule has 17 heavy (non-hydrogen) atoms. The molecule has 2 aromatic rings. The molecule has 1 aliphatic rings. The van der Waals surface area contributed by atoms with Crippen molar-refractivity contribution in [1.29, 1.82) is 0 Å². The lowest BCUT2D eigenvalue weighted by Crippen LogP contribution is -2.19. The minimum Gasteiger partial charge on any atom is -0.287 e. The van der Waals surface area contributed by atoms with Crippen LogP contribution in [0.2, 0.25) is 0 Å². The van der Waals surface area contributed by atoms with Crippen LogP contribution < -0.4 is 5.56 Å². The first-order chi connectivity index (χ1) is 8.25. The normalized spacial score (nSPS) is 13.7. The van der Waals surface area contributed by atoms with Gasteiger partial charge in [0.25, 0.3) is 5.56 Å². The van der Waals surface area contributed by atoms with Gasteiger partial charge in [0.2, 0.25) is 0 Å². The van der Waals surface area contributed by atoms with Gasteiger partial charge in [0.1, 0.15) is 0 Å². The highest BCUT2D eigenvalue weighted by Crippen LogP contribution is 2.26. The zero-order chi connectivity index (χ0) is 11.8. The van der Waals surface area contributed by atoms with Crippen LogP contribution in [0.5, 0.6) is 0 Å². The molecule has 0 N–H and O–H groups in total. The van der Waals surface area contributed by atoms with E-state index < -0.39 is 0 Å². The molecule has 0 amide bonds. The maximum atomic E-state index is 11.9. The SMILES string of the molecule is Cc1ccccc1-c1cc(=O)n2c(n1)SCC2. The lowest BCUT2D eigenvalue weighted by atomic mass is 10.1. The fourth-order valence-electron chi connectivity index (χ4n) is 2.03. The van der Waals surface area contributed by atoms with Crippen LogP contribution in [0, 0.1) is 6.92 Å². The maximum Gasteiger partial charge on any atom is 0.254 e. The Kier molecular flexibility index (Phi) is 2.52. The standard InChI is InChI=1S/C13H12N2OS/c1-9-4-2-3-5-10(9)11-8-12(16)15-6-7-17-13(15)14-11/h2-5,8H,6-7H2,1H3. The van der Waals surface area contributed by atoms with Crippen LogP contribution in [0.1, 0.15) is 5.56 Å². The van der Waals surface area contributed by atoms with Gasteiger partial charge in [-0.1, -0.05) is 36.0 Å². The van der Waals surface area contributed by atoms with Crippen molar-refractivity contribution >= 4 is 11.8 Å². The van der Waals surface area contributed by atoms with Crippen molar-refractivity contribution in [3.63, 3.8) is 0 Å². The highest BCUT2D eigenvalue weighted by Gasteiger charge is 2.16. The zero-order valence-electron chi connectivity index (χ0n) is 9.51. The van der Waals surface area contributed by atoms with E-state index >= 15 is 0 Å². The summed E-state index contributed by atoms with van der Waals surface area (Å²) < 4.78 is 1.74. The van der Waals surface area contributed by atoms with Crippen molar-refractivity contribution in [2.45, 2.75) is 18.6 Å². The summed E-state index contributed by atoms with van der Waals surface area (Å²) in [4.78, 5) is 16.5. The maximum absolute atomic E-state index is 11.9. The summed E-state index contributed by atoms with van der Waals surface area (Å²) in [6.45, 7) is 2.81. The van der Waals surface area contributed by atoms with Crippen molar-refractivity contribution in [1.82, 2.24) is 9.55 Å². The summed E-state index contributed by atoms with van der Waals surface area (Å²) in [5, 5.41) is 0.843. The molecule has 2 heterocycles. The monoisotopic (exact) mass is 244 g/mol. The third kappa shape index (κ3) is 1.78. The van der Waals surface area contributed by atoms with Crippen LogP contribution in [0.4, 0.5) is 0 Å². The van der Waals surface area contributed by atoms with Crippen LogP contribution in [-0.4, -0.2) is 15.3 Å². The second-order valence-electron chi connectivity index (χ2n) is 4.08. The van der Waals surface area contributed by atoms with Gasteiger partial charge in [-0.3, -0.25) is 9.36 Å². The molecule has 86 valence electrons. The van der Waals surface area contributed by atoms with Gasteiger partial charge in [0, 0.05) is 23.9 Å². The first-order valence-corrected chi connectivity index (χ1v) is 6.55. The molecule has 1 aromatic carbocycles. The molecular formula is C13H12N2OS. The Morgan fingerprint density at radius 2 is 2.18 bits per heavy atom. The summed E-state index contributed by atoms with van der Waals surface area (Å²) in [6.07, 6.45) is 0. The number of thioether (sulfide) groups is 1. The van der Waals surface area contributed by atoms with E-state index in [0.717, 1.165) is 34.3 Å². The van der Waals surface area contributed by atoms with Crippen molar-refractivity contribution in [2.75, 3.05) is 5.75 Å². The average Bonchev–Trinajstić information content (AvgIpc) is 2.78. The summed E-state index contributed by atoms with van der Waals surface area (Å²) in [5.41, 5.74) is 3.03. The lowest BCUT2D eigenvalue weighted by molar-refractivity contribution is 0.658. The number of rotatable bonds is 1. The van der Waals surface area contributed by atoms with Crippen LogP contribution in [0.15, 0.2) is 40.3 Å². The predicted molar refractivity (Wildman–Crippen MR) is 69.4 cm³/mol. The predicted octanol–water partition coefficient (Wildman–Crippen LogP) is 2.32. The number of nitrogens with zero attached hydrogens (tertiary/aromatic N) is 2. The van der Waals surface area contributed by atoms with E-state index in [1.54, 1.807) is 22.4 Å². The highest BCUT2D eigenvalue weighted by molar-refractivity contribution is 7.99. The van der Waals surface area contributed by atoms with Gasteiger partial charge in [0.05, 0.1) is 5.69 Å². The fraction of sp³-hybridized carbons (Fsp3) is 0.231. The van der Waals surface area contributed by atoms with E-state index in [1.807, 2.05) is 31.2 Å². The smallest absolute Gasteiger partial charge is 0.254 e. The molecule has 0 saturated heterocycles. The van der Waals surface area contributed by atoms with E-state index in [0.29, 0.717) is 0 Å². The Hall–Kier alpha value is -1.55. The third-order valence-electron chi connectivity index (χ3n) is 2.94. The largest absolute Gasteiger partial charge is 0.287 e. The van der Waals surface area contributed by atoms with Crippen LogP contribution in [0.25, 0.3) is 11.3 Å². The van der Waals surface area contributed by atoms with Gasteiger partial charge in [-0.2, -0.15) is 0 Å². The van der Waals surface area contributed by atoms with Gasteiger partial charge >= 0.3 is 0 Å². The summed E-state index contributed by atoms with van der Waals surface area (Å²) in [5.74, 6) is 0.944. The molecule has 0 radical (unpaired) electrons. The topological polar surface area (TPSA) is 34.9 Å². The molecule has 0 saturated carbocycles. The van der Waals surface area contributed by atoms with E-state index in [4.69, 9.17) is 0 Å². The number of hydrogen-bond acceptors (Lipinski definition) is 3. The van der Waals surface area contributed by atoms with E-state index in [1.165, 1.54) is 0 Å². The Morgan fingerprint density at radius 3 is 3.00 bits per heavy atom. The Balaban J connectivity index is 2.20. The second kappa shape index (κ2) is 4.04. The second-order valence-corrected chi connectivity index (χ2v) is 5.14. The van der Waals surface area contributed by atoms with Crippen LogP contribution in [0.3, 0.4) is 0 Å². The number of fused-ring (bicyclic) bond motifs is 1. The minimum absolute atomic E-state index is 0.0539. The van der Waals surface area contributed by atoms with Gasteiger partial charge in [-0.15, -0.1) is 0 Å². The molecule has 0 atom stereocenters. The summed E-state index contributed by atoms with van der Waals surface area (Å²) in [6, 6.07) is 9.65. The van der Waals surface area contributed by atoms with Crippen molar-refractivity contribution < 1.29 is 0 Å². The first-order valence-electron chi connectivity index (χ1n) is 5.56. The molecule has 0 bridgehead atoms. The lowest BCUT2D eigenvalue weighted by Gasteiger charge is -2.07. The van der Waals surface area contributed by atoms with Gasteiger partial charge in [-0.05, 0) is 12.5 Å². The summed E-state index contributed by atoms with van der Waals surface area (Å²) >= 11 is 1.65. The molecule has 4 heteroatoms. The molecule has 1 aromatic heterocycles. The number of aryl methyl sites for hydroxylation is 1. The van der Waals surface area contributed by atoms with Crippen LogP contribution in [-0.2, 0) is 6.54 Å². The van der Waals surface area contributed by atoms with Crippen molar-refractivity contribution in [3.05, 3.63) is 46.2 Å². The summed E-state index contributed by atoms with van der Waals surface area (Å²) in [7, 11) is 0. The van der Waals surface area contributed by atoms with E-state index in [-0.39, 0.29) is 5.56 Å². The Morgan fingerprint density at radius 1 is 1.35 bits per heavy atom. The molecule has 0 unspecified atom stereocenters. The number of hydrogen-bond donors (Lipinski definition) is 0. The molecular weight excluding hydrogens is 232 g/mol. The Bertz CT molecular complexity index is 634. The van der Waals surface area contributed by atoms with Gasteiger partial charge in [-0.25, -0.2) is 4.98 Å². The molecule has 1 aliphatic heterocycles. The quantitative estimate of drug-likeness (QED) is 0.722. The van der Waals surface area contributed by atoms with E-state index in [9.17, 15) is 4.79 Å². The third-order valence-corrected chi connectivity index (χ3v) is 3.90. The van der Waals surface area contributed by atoms with E-state index in [2.05, 4.69) is 4.98 Å². The van der Waals surface area contributed by atoms with Crippen LogP contribution >= 0.6 is 11.8 Å². The number of aromatic nitrogens is 2. The minimum atomic E-state index is 0.0539. The first kappa shape index (κ1) is 10.6. The van der Waals surface area contributed by atoms with Crippen molar-refractivity contribution in [2.24, 2.45) is 0 Å². The van der Waals surface area contributed by atoms with Gasteiger partial charge < -0.3 is 0 Å². The molecule has 3 nitrogen and oxygen atoms in total. The molecule has 0 aliphatic carbocycles. The van der Waals surface area contributed by atoms with Gasteiger partial charge in [0.15, 0.2) is 5.16 Å².